The highest BCUT2D eigenvalue weighted by Gasteiger charge is 2.03. The standard InChI is InChI=1S/C19H18FN/c1-13(2)14(3)5-6-16-7-10-19(21-12-16)17-8-9-18(20)15(4)11-17/h7-13H,3H2,1-2,4H3. The molecule has 21 heavy (non-hydrogen) atoms. The smallest absolute Gasteiger partial charge is 0.126 e. The molecule has 0 spiro atoms. The lowest BCUT2D eigenvalue weighted by Crippen LogP contribution is -1.89. The Bertz CT molecular complexity index is 715. The quantitative estimate of drug-likeness (QED) is 0.722. The van der Waals surface area contributed by atoms with Crippen LogP contribution in [0.3, 0.4) is 0 Å². The third kappa shape index (κ3) is 3.79. The van der Waals surface area contributed by atoms with E-state index in [2.05, 4.69) is 37.3 Å². The van der Waals surface area contributed by atoms with Crippen LogP contribution in [-0.2, 0) is 0 Å². The summed E-state index contributed by atoms with van der Waals surface area (Å²) in [7, 11) is 0. The van der Waals surface area contributed by atoms with E-state index in [4.69, 9.17) is 0 Å². The topological polar surface area (TPSA) is 12.9 Å². The van der Waals surface area contributed by atoms with E-state index in [0.717, 1.165) is 22.4 Å². The Labute approximate surface area is 125 Å². The molecule has 0 atom stereocenters. The van der Waals surface area contributed by atoms with Crippen molar-refractivity contribution in [2.24, 2.45) is 5.92 Å². The van der Waals surface area contributed by atoms with E-state index in [0.29, 0.717) is 11.5 Å². The number of aromatic nitrogens is 1. The van der Waals surface area contributed by atoms with Crippen LogP contribution >= 0.6 is 0 Å². The molecule has 106 valence electrons. The van der Waals surface area contributed by atoms with Gasteiger partial charge >= 0.3 is 0 Å². The summed E-state index contributed by atoms with van der Waals surface area (Å²) in [5.41, 5.74) is 4.09. The number of halogens is 1. The fourth-order valence-electron chi connectivity index (χ4n) is 1.74. The van der Waals surface area contributed by atoms with Gasteiger partial charge in [-0.1, -0.05) is 32.3 Å². The van der Waals surface area contributed by atoms with Gasteiger partial charge in [0.1, 0.15) is 5.82 Å². The van der Waals surface area contributed by atoms with Crippen molar-refractivity contribution >= 4 is 0 Å². The molecule has 0 unspecified atom stereocenters. The molecule has 0 fully saturated rings. The Hall–Kier alpha value is -2.40. The fraction of sp³-hybridized carbons (Fsp3) is 0.211. The van der Waals surface area contributed by atoms with Gasteiger partial charge in [-0.05, 0) is 54.3 Å². The first-order valence-corrected chi connectivity index (χ1v) is 6.91. The summed E-state index contributed by atoms with van der Waals surface area (Å²) in [6.07, 6.45) is 1.73. The van der Waals surface area contributed by atoms with Gasteiger partial charge in [0.05, 0.1) is 5.69 Å². The van der Waals surface area contributed by atoms with Crippen LogP contribution in [0.4, 0.5) is 4.39 Å². The Morgan fingerprint density at radius 2 is 2.00 bits per heavy atom. The number of hydrogen-bond donors (Lipinski definition) is 0. The molecule has 0 saturated heterocycles. The summed E-state index contributed by atoms with van der Waals surface area (Å²) in [5, 5.41) is 0. The lowest BCUT2D eigenvalue weighted by Gasteiger charge is -2.03. The lowest BCUT2D eigenvalue weighted by molar-refractivity contribution is 0.619. The van der Waals surface area contributed by atoms with Gasteiger partial charge in [0.25, 0.3) is 0 Å². The zero-order chi connectivity index (χ0) is 15.4. The molecule has 1 aromatic carbocycles. The van der Waals surface area contributed by atoms with Crippen molar-refractivity contribution in [3.05, 3.63) is 65.6 Å². The van der Waals surface area contributed by atoms with Gasteiger partial charge in [0.2, 0.25) is 0 Å². The van der Waals surface area contributed by atoms with Crippen LogP contribution in [0.2, 0.25) is 0 Å². The van der Waals surface area contributed by atoms with E-state index >= 15 is 0 Å². The molecule has 0 N–H and O–H groups in total. The molecule has 1 nitrogen and oxygen atoms in total. The molecular weight excluding hydrogens is 261 g/mol. The maximum Gasteiger partial charge on any atom is 0.126 e. The van der Waals surface area contributed by atoms with Crippen LogP contribution in [0.5, 0.6) is 0 Å². The monoisotopic (exact) mass is 279 g/mol. The van der Waals surface area contributed by atoms with Crippen LogP contribution < -0.4 is 0 Å². The maximum atomic E-state index is 13.3. The number of aryl methyl sites for hydroxylation is 1. The van der Waals surface area contributed by atoms with E-state index in [1.807, 2.05) is 12.1 Å². The second kappa shape index (κ2) is 6.37. The van der Waals surface area contributed by atoms with Crippen molar-refractivity contribution < 1.29 is 4.39 Å². The van der Waals surface area contributed by atoms with Crippen molar-refractivity contribution in [2.45, 2.75) is 20.8 Å². The minimum Gasteiger partial charge on any atom is -0.255 e. The van der Waals surface area contributed by atoms with E-state index in [1.165, 1.54) is 6.07 Å². The first kappa shape index (κ1) is 15.0. The average molecular weight is 279 g/mol. The number of allylic oxidation sites excluding steroid dienone is 1. The van der Waals surface area contributed by atoms with E-state index in [-0.39, 0.29) is 5.82 Å². The first-order valence-electron chi connectivity index (χ1n) is 6.91. The third-order valence-corrected chi connectivity index (χ3v) is 3.28. The predicted octanol–water partition coefficient (Wildman–Crippen LogP) is 4.76. The summed E-state index contributed by atoms with van der Waals surface area (Å²) < 4.78 is 13.3. The largest absolute Gasteiger partial charge is 0.255 e. The minimum absolute atomic E-state index is 0.201. The maximum absolute atomic E-state index is 13.3. The fourth-order valence-corrected chi connectivity index (χ4v) is 1.74. The summed E-state index contributed by atoms with van der Waals surface area (Å²) in [6, 6.07) is 8.81. The van der Waals surface area contributed by atoms with Crippen molar-refractivity contribution in [1.82, 2.24) is 4.98 Å². The lowest BCUT2D eigenvalue weighted by atomic mass is 10.1. The molecule has 0 bridgehead atoms. The zero-order valence-electron chi connectivity index (χ0n) is 12.6. The van der Waals surface area contributed by atoms with Crippen LogP contribution in [0.15, 0.2) is 48.7 Å². The van der Waals surface area contributed by atoms with Gasteiger partial charge in [0, 0.05) is 17.3 Å². The van der Waals surface area contributed by atoms with Gasteiger partial charge in [-0.3, -0.25) is 4.98 Å². The van der Waals surface area contributed by atoms with Crippen molar-refractivity contribution in [1.29, 1.82) is 0 Å². The average Bonchev–Trinajstić information content (AvgIpc) is 2.48. The third-order valence-electron chi connectivity index (χ3n) is 3.28. The highest BCUT2D eigenvalue weighted by molar-refractivity contribution is 5.60. The Kier molecular flexibility index (Phi) is 4.55. The first-order chi connectivity index (χ1) is 9.97. The summed E-state index contributed by atoms with van der Waals surface area (Å²) in [4.78, 5) is 4.39. The number of hydrogen-bond acceptors (Lipinski definition) is 1. The Morgan fingerprint density at radius 1 is 1.24 bits per heavy atom. The van der Waals surface area contributed by atoms with Crippen molar-refractivity contribution in [2.75, 3.05) is 0 Å². The van der Waals surface area contributed by atoms with Gasteiger partial charge in [-0.25, -0.2) is 4.39 Å². The van der Waals surface area contributed by atoms with E-state index in [9.17, 15) is 4.39 Å². The van der Waals surface area contributed by atoms with Gasteiger partial charge in [0.15, 0.2) is 0 Å². The molecule has 2 rings (SSSR count). The number of benzene rings is 1. The Balaban J connectivity index is 2.22. The molecule has 2 aromatic rings. The molecule has 1 heterocycles. The summed E-state index contributed by atoms with van der Waals surface area (Å²) in [6.45, 7) is 9.80. The highest BCUT2D eigenvalue weighted by Crippen LogP contribution is 2.20. The van der Waals surface area contributed by atoms with Crippen LogP contribution in [0, 0.1) is 30.5 Å². The van der Waals surface area contributed by atoms with Crippen molar-refractivity contribution in [3.63, 3.8) is 0 Å². The molecule has 0 radical (unpaired) electrons. The van der Waals surface area contributed by atoms with E-state index in [1.54, 1.807) is 25.3 Å². The summed E-state index contributed by atoms with van der Waals surface area (Å²) in [5.74, 6) is 6.25. The highest BCUT2D eigenvalue weighted by atomic mass is 19.1. The normalized spacial score (nSPS) is 10.1. The molecule has 0 aliphatic heterocycles. The zero-order valence-corrected chi connectivity index (χ0v) is 12.6. The molecule has 0 aliphatic carbocycles. The molecular formula is C19H18FN. The Morgan fingerprint density at radius 3 is 2.57 bits per heavy atom. The molecule has 0 saturated carbocycles. The number of nitrogens with zero attached hydrogens (tertiary/aromatic N) is 1. The van der Waals surface area contributed by atoms with Gasteiger partial charge < -0.3 is 0 Å². The van der Waals surface area contributed by atoms with Crippen LogP contribution in [-0.4, -0.2) is 4.98 Å². The predicted molar refractivity (Wildman–Crippen MR) is 85.2 cm³/mol. The van der Waals surface area contributed by atoms with Gasteiger partial charge in [-0.2, -0.15) is 0 Å². The molecule has 2 heteroatoms. The molecule has 0 aliphatic rings. The van der Waals surface area contributed by atoms with Crippen LogP contribution in [0.1, 0.15) is 25.0 Å². The second-order valence-electron chi connectivity index (χ2n) is 5.33. The van der Waals surface area contributed by atoms with E-state index < -0.39 is 0 Å². The molecule has 1 aromatic heterocycles. The second-order valence-corrected chi connectivity index (χ2v) is 5.33. The van der Waals surface area contributed by atoms with Gasteiger partial charge in [-0.15, -0.1) is 0 Å². The molecule has 0 amide bonds. The van der Waals surface area contributed by atoms with Crippen LogP contribution in [0.25, 0.3) is 11.3 Å². The minimum atomic E-state index is -0.201. The van der Waals surface area contributed by atoms with Crippen molar-refractivity contribution in [3.8, 4) is 23.1 Å². The number of pyridine rings is 1. The number of rotatable bonds is 2. The SMILES string of the molecule is C=C(C#Cc1ccc(-c2ccc(F)c(C)c2)nc1)C(C)C. The summed E-state index contributed by atoms with van der Waals surface area (Å²) >= 11 is 0.